The van der Waals surface area contributed by atoms with Crippen molar-refractivity contribution in [3.05, 3.63) is 158 Å². The van der Waals surface area contributed by atoms with Crippen molar-refractivity contribution in [2.75, 3.05) is 0 Å². The van der Waals surface area contributed by atoms with Crippen molar-refractivity contribution in [2.45, 2.75) is 0 Å². The number of benzene rings is 7. The second-order valence-corrected chi connectivity index (χ2v) is 11.7. The van der Waals surface area contributed by atoms with Gasteiger partial charge in [-0.05, 0) is 66.0 Å². The van der Waals surface area contributed by atoms with Gasteiger partial charge in [0.05, 0.1) is 33.3 Å². The molecule has 0 saturated heterocycles. The highest BCUT2D eigenvalue weighted by atomic mass is 15.1. The molecule has 0 unspecified atom stereocenters. The van der Waals surface area contributed by atoms with Crippen LogP contribution in [0.5, 0.6) is 0 Å². The van der Waals surface area contributed by atoms with Crippen LogP contribution in [-0.2, 0) is 0 Å². The number of para-hydroxylation sites is 5. The van der Waals surface area contributed by atoms with E-state index in [0.717, 1.165) is 28.1 Å². The summed E-state index contributed by atoms with van der Waals surface area (Å²) < 4.78 is 7.00. The molecule has 0 aliphatic rings. The number of hydrogen-bond acceptors (Lipinski definition) is 1. The Morgan fingerprint density at radius 1 is 0.400 bits per heavy atom. The summed E-state index contributed by atoms with van der Waals surface area (Å²) in [5, 5.41) is 7.42. The molecule has 10 aromatic rings. The van der Waals surface area contributed by atoms with E-state index in [0.29, 0.717) is 0 Å². The topological polar surface area (TPSA) is 27.7 Å². The summed E-state index contributed by atoms with van der Waals surface area (Å²) in [6.45, 7) is 0. The molecule has 7 aromatic carbocycles. The first-order valence-electron chi connectivity index (χ1n) is 15.3. The summed E-state index contributed by atoms with van der Waals surface area (Å²) in [6.07, 6.45) is 1.94. The second-order valence-electron chi connectivity index (χ2n) is 11.7. The first kappa shape index (κ1) is 24.3. The van der Waals surface area contributed by atoms with Crippen molar-refractivity contribution in [3.63, 3.8) is 0 Å². The van der Waals surface area contributed by atoms with Gasteiger partial charge >= 0.3 is 0 Å². The van der Waals surface area contributed by atoms with Gasteiger partial charge in [0.2, 0.25) is 0 Å². The van der Waals surface area contributed by atoms with Gasteiger partial charge in [-0.15, -0.1) is 0 Å². The van der Waals surface area contributed by atoms with Gasteiger partial charge in [-0.3, -0.25) is 4.57 Å². The van der Waals surface area contributed by atoms with E-state index >= 15 is 0 Å². The van der Waals surface area contributed by atoms with Crippen molar-refractivity contribution in [3.8, 4) is 17.1 Å². The molecule has 210 valence electrons. The molecule has 0 fully saturated rings. The van der Waals surface area contributed by atoms with Crippen LogP contribution in [0, 0.1) is 0 Å². The lowest BCUT2D eigenvalue weighted by atomic mass is 10.0. The first-order chi connectivity index (χ1) is 22.3. The Kier molecular flexibility index (Phi) is 4.96. The molecule has 4 heteroatoms. The Hall–Kier alpha value is -6.13. The quantitative estimate of drug-likeness (QED) is 0.206. The summed E-state index contributed by atoms with van der Waals surface area (Å²) in [5.74, 6) is 0. The zero-order valence-corrected chi connectivity index (χ0v) is 24.3. The van der Waals surface area contributed by atoms with Crippen LogP contribution in [0.3, 0.4) is 0 Å². The van der Waals surface area contributed by atoms with Gasteiger partial charge < -0.3 is 9.13 Å². The monoisotopic (exact) mass is 574 g/mol. The number of rotatable bonds is 3. The fourth-order valence-electron chi connectivity index (χ4n) is 7.35. The molecule has 0 aliphatic heterocycles. The lowest BCUT2D eigenvalue weighted by Gasteiger charge is -2.12. The van der Waals surface area contributed by atoms with Gasteiger partial charge in [-0.2, -0.15) is 0 Å². The van der Waals surface area contributed by atoms with Crippen LogP contribution in [0.1, 0.15) is 0 Å². The molecule has 0 amide bonds. The largest absolute Gasteiger partial charge is 0.309 e. The molecule has 10 rings (SSSR count). The molecular formula is C41H26N4. The summed E-state index contributed by atoms with van der Waals surface area (Å²) in [5.41, 5.74) is 10.2. The number of imidazole rings is 1. The summed E-state index contributed by atoms with van der Waals surface area (Å²) in [4.78, 5) is 5.02. The maximum atomic E-state index is 5.02. The van der Waals surface area contributed by atoms with Crippen LogP contribution in [0.15, 0.2) is 158 Å². The second kappa shape index (κ2) is 9.18. The molecule has 3 heterocycles. The van der Waals surface area contributed by atoms with Crippen LogP contribution < -0.4 is 0 Å². The minimum Gasteiger partial charge on any atom is -0.309 e. The molecular weight excluding hydrogens is 548 g/mol. The third kappa shape index (κ3) is 3.39. The average molecular weight is 575 g/mol. The van der Waals surface area contributed by atoms with E-state index in [-0.39, 0.29) is 0 Å². The molecule has 0 N–H and O–H groups in total. The van der Waals surface area contributed by atoms with Crippen LogP contribution >= 0.6 is 0 Å². The van der Waals surface area contributed by atoms with E-state index in [1.54, 1.807) is 0 Å². The molecule has 45 heavy (non-hydrogen) atoms. The first-order valence-corrected chi connectivity index (χ1v) is 15.3. The van der Waals surface area contributed by atoms with E-state index in [2.05, 4.69) is 159 Å². The number of aromatic nitrogens is 4. The van der Waals surface area contributed by atoms with Crippen molar-refractivity contribution in [1.29, 1.82) is 0 Å². The molecule has 0 radical (unpaired) electrons. The van der Waals surface area contributed by atoms with Gasteiger partial charge in [0, 0.05) is 38.3 Å². The maximum Gasteiger partial charge on any atom is 0.113 e. The average Bonchev–Trinajstić information content (AvgIpc) is 3.78. The minimum absolute atomic E-state index is 0.973. The standard InChI is InChI=1S/C41H26N4/c1-3-12-28(13-4-1)43-26-42-40-37(43)20-11-21-38(40)45-36-19-10-7-16-30(36)32-23-22-27-24-34-31-17-8-9-18-35(31)44(29-14-5-2-6-15-29)39(34)25-33(27)41(32)45/h1-26H. The highest BCUT2D eigenvalue weighted by molar-refractivity contribution is 6.23. The van der Waals surface area contributed by atoms with Crippen molar-refractivity contribution < 1.29 is 0 Å². The number of fused-ring (bicyclic) bond motifs is 9. The Morgan fingerprint density at radius 2 is 1.04 bits per heavy atom. The zero-order chi connectivity index (χ0) is 29.5. The smallest absolute Gasteiger partial charge is 0.113 e. The fraction of sp³-hybridized carbons (Fsp3) is 0. The third-order valence-corrected chi connectivity index (χ3v) is 9.29. The van der Waals surface area contributed by atoms with E-state index in [4.69, 9.17) is 4.98 Å². The van der Waals surface area contributed by atoms with Crippen LogP contribution in [0.4, 0.5) is 0 Å². The van der Waals surface area contributed by atoms with E-state index in [9.17, 15) is 0 Å². The van der Waals surface area contributed by atoms with Gasteiger partial charge in [-0.25, -0.2) is 4.98 Å². The highest BCUT2D eigenvalue weighted by Gasteiger charge is 2.20. The summed E-state index contributed by atoms with van der Waals surface area (Å²) in [6, 6.07) is 54.5. The molecule has 0 aliphatic carbocycles. The zero-order valence-electron chi connectivity index (χ0n) is 24.3. The lowest BCUT2D eigenvalue weighted by Crippen LogP contribution is -1.97. The Bertz CT molecular complexity index is 2750. The fourth-order valence-corrected chi connectivity index (χ4v) is 7.35. The van der Waals surface area contributed by atoms with Crippen molar-refractivity contribution in [1.82, 2.24) is 18.7 Å². The lowest BCUT2D eigenvalue weighted by molar-refractivity contribution is 1.09. The molecule has 4 nitrogen and oxygen atoms in total. The summed E-state index contributed by atoms with van der Waals surface area (Å²) in [7, 11) is 0. The normalized spacial score (nSPS) is 12.0. The van der Waals surface area contributed by atoms with E-state index in [1.807, 2.05) is 12.4 Å². The molecule has 0 atom stereocenters. The van der Waals surface area contributed by atoms with Crippen LogP contribution in [-0.4, -0.2) is 18.7 Å². The SMILES string of the molecule is c1ccc(-n2cnc3c(-n4c5ccccc5c5ccc6cc7c8ccccc8n(-c8ccccc8)c7cc6c54)cccc32)cc1. The summed E-state index contributed by atoms with van der Waals surface area (Å²) >= 11 is 0. The van der Waals surface area contributed by atoms with Crippen molar-refractivity contribution >= 4 is 65.4 Å². The maximum absolute atomic E-state index is 5.02. The number of nitrogens with zero attached hydrogens (tertiary/aromatic N) is 4. The van der Waals surface area contributed by atoms with E-state index < -0.39 is 0 Å². The van der Waals surface area contributed by atoms with Crippen LogP contribution in [0.25, 0.3) is 82.5 Å². The highest BCUT2D eigenvalue weighted by Crippen LogP contribution is 2.41. The van der Waals surface area contributed by atoms with Crippen LogP contribution in [0.2, 0.25) is 0 Å². The van der Waals surface area contributed by atoms with E-state index in [1.165, 1.54) is 54.4 Å². The van der Waals surface area contributed by atoms with Crippen molar-refractivity contribution in [2.24, 2.45) is 0 Å². The predicted octanol–water partition coefficient (Wildman–Crippen LogP) is 10.4. The molecule has 0 saturated carbocycles. The predicted molar refractivity (Wildman–Crippen MR) is 187 cm³/mol. The Labute approximate surface area is 258 Å². The minimum atomic E-state index is 0.973. The Balaban J connectivity index is 1.36. The number of hydrogen-bond donors (Lipinski definition) is 0. The Morgan fingerprint density at radius 3 is 1.82 bits per heavy atom. The van der Waals surface area contributed by atoms with Gasteiger partial charge in [0.1, 0.15) is 11.8 Å². The molecule has 0 spiro atoms. The third-order valence-electron chi connectivity index (χ3n) is 9.29. The van der Waals surface area contributed by atoms with Gasteiger partial charge in [-0.1, -0.05) is 91.0 Å². The van der Waals surface area contributed by atoms with Gasteiger partial charge in [0.25, 0.3) is 0 Å². The molecule has 0 bridgehead atoms. The molecule has 3 aromatic heterocycles. The van der Waals surface area contributed by atoms with Gasteiger partial charge in [0.15, 0.2) is 0 Å².